The SMILES string of the molecule is Cc1ccc(C(C)C)c(C(C)(C)C)c1[N+](=O)[O-]. The highest BCUT2D eigenvalue weighted by Crippen LogP contribution is 2.39. The normalized spacial score (nSPS) is 11.9. The summed E-state index contributed by atoms with van der Waals surface area (Å²) >= 11 is 0. The molecule has 17 heavy (non-hydrogen) atoms. The van der Waals surface area contributed by atoms with Gasteiger partial charge in [-0.15, -0.1) is 0 Å². The van der Waals surface area contributed by atoms with E-state index in [1.807, 2.05) is 32.9 Å². The zero-order valence-electron chi connectivity index (χ0n) is 11.5. The molecular weight excluding hydrogens is 214 g/mol. The number of aryl methyl sites for hydroxylation is 1. The third-order valence-electron chi connectivity index (χ3n) is 2.97. The molecule has 0 aliphatic carbocycles. The molecule has 1 rings (SSSR count). The highest BCUT2D eigenvalue weighted by molar-refractivity contribution is 5.55. The smallest absolute Gasteiger partial charge is 0.258 e. The predicted molar refractivity (Wildman–Crippen MR) is 70.6 cm³/mol. The van der Waals surface area contributed by atoms with E-state index in [1.54, 1.807) is 6.92 Å². The number of benzene rings is 1. The lowest BCUT2D eigenvalue weighted by molar-refractivity contribution is -0.386. The third kappa shape index (κ3) is 2.65. The molecule has 0 bridgehead atoms. The van der Waals surface area contributed by atoms with Gasteiger partial charge in [0.1, 0.15) is 0 Å². The van der Waals surface area contributed by atoms with Crippen LogP contribution in [0.1, 0.15) is 57.2 Å². The molecule has 0 aromatic heterocycles. The molecule has 0 radical (unpaired) electrons. The van der Waals surface area contributed by atoms with E-state index in [1.165, 1.54) is 0 Å². The van der Waals surface area contributed by atoms with Gasteiger partial charge >= 0.3 is 0 Å². The Morgan fingerprint density at radius 3 is 2.12 bits per heavy atom. The standard InChI is InChI=1S/C14H21NO2/c1-9(2)11-8-7-10(3)13(15(16)17)12(11)14(4,5)6/h7-9H,1-6H3. The van der Waals surface area contributed by atoms with Crippen LogP contribution >= 0.6 is 0 Å². The van der Waals surface area contributed by atoms with Crippen LogP contribution in [0, 0.1) is 17.0 Å². The molecule has 3 heteroatoms. The lowest BCUT2D eigenvalue weighted by atomic mass is 9.78. The van der Waals surface area contributed by atoms with Gasteiger partial charge < -0.3 is 0 Å². The molecule has 94 valence electrons. The van der Waals surface area contributed by atoms with E-state index in [-0.39, 0.29) is 16.0 Å². The van der Waals surface area contributed by atoms with Crippen molar-refractivity contribution in [1.82, 2.24) is 0 Å². The van der Waals surface area contributed by atoms with Crippen molar-refractivity contribution >= 4 is 5.69 Å². The van der Waals surface area contributed by atoms with E-state index in [0.717, 1.165) is 16.7 Å². The Kier molecular flexibility index (Phi) is 3.60. The van der Waals surface area contributed by atoms with Gasteiger partial charge in [-0.3, -0.25) is 10.1 Å². The maximum absolute atomic E-state index is 11.3. The van der Waals surface area contributed by atoms with Crippen LogP contribution in [-0.4, -0.2) is 4.92 Å². The highest BCUT2D eigenvalue weighted by Gasteiger charge is 2.30. The van der Waals surface area contributed by atoms with Crippen LogP contribution in [0.25, 0.3) is 0 Å². The van der Waals surface area contributed by atoms with E-state index < -0.39 is 0 Å². The highest BCUT2D eigenvalue weighted by atomic mass is 16.6. The van der Waals surface area contributed by atoms with Crippen molar-refractivity contribution in [3.05, 3.63) is 38.9 Å². The molecule has 0 amide bonds. The number of hydrogen-bond acceptors (Lipinski definition) is 2. The summed E-state index contributed by atoms with van der Waals surface area (Å²) in [7, 11) is 0. The zero-order valence-corrected chi connectivity index (χ0v) is 11.5. The molecule has 0 saturated carbocycles. The molecule has 0 spiro atoms. The van der Waals surface area contributed by atoms with Crippen molar-refractivity contribution in [3.63, 3.8) is 0 Å². The minimum atomic E-state index is -0.248. The second kappa shape index (κ2) is 4.47. The summed E-state index contributed by atoms with van der Waals surface area (Å²) in [6.07, 6.45) is 0. The molecule has 0 saturated heterocycles. The van der Waals surface area contributed by atoms with E-state index in [9.17, 15) is 10.1 Å². The maximum Gasteiger partial charge on any atom is 0.276 e. The summed E-state index contributed by atoms with van der Waals surface area (Å²) in [6.45, 7) is 12.0. The summed E-state index contributed by atoms with van der Waals surface area (Å²) in [6, 6.07) is 3.87. The van der Waals surface area contributed by atoms with Gasteiger partial charge in [0.25, 0.3) is 5.69 Å². The van der Waals surface area contributed by atoms with Gasteiger partial charge in [-0.2, -0.15) is 0 Å². The molecular formula is C14H21NO2. The van der Waals surface area contributed by atoms with E-state index in [0.29, 0.717) is 5.92 Å². The molecule has 0 atom stereocenters. The predicted octanol–water partition coefficient (Wildman–Crippen LogP) is 4.32. The largest absolute Gasteiger partial charge is 0.276 e. The molecule has 3 nitrogen and oxygen atoms in total. The first-order valence-electron chi connectivity index (χ1n) is 5.94. The number of rotatable bonds is 2. The Labute approximate surface area is 103 Å². The Hall–Kier alpha value is -1.38. The van der Waals surface area contributed by atoms with Crippen LogP contribution in [0.4, 0.5) is 5.69 Å². The number of hydrogen-bond donors (Lipinski definition) is 0. The van der Waals surface area contributed by atoms with E-state index >= 15 is 0 Å². The van der Waals surface area contributed by atoms with Crippen LogP contribution in [0.15, 0.2) is 12.1 Å². The van der Waals surface area contributed by atoms with E-state index in [4.69, 9.17) is 0 Å². The minimum Gasteiger partial charge on any atom is -0.258 e. The van der Waals surface area contributed by atoms with Crippen molar-refractivity contribution in [2.75, 3.05) is 0 Å². The maximum atomic E-state index is 11.3. The minimum absolute atomic E-state index is 0.214. The molecule has 0 fully saturated rings. The summed E-state index contributed by atoms with van der Waals surface area (Å²) in [5, 5.41) is 11.3. The van der Waals surface area contributed by atoms with Crippen molar-refractivity contribution in [3.8, 4) is 0 Å². The molecule has 0 aliphatic rings. The average molecular weight is 235 g/mol. The van der Waals surface area contributed by atoms with Crippen molar-refractivity contribution in [2.24, 2.45) is 0 Å². The fourth-order valence-electron chi connectivity index (χ4n) is 2.22. The first-order valence-corrected chi connectivity index (χ1v) is 5.94. The van der Waals surface area contributed by atoms with Gasteiger partial charge in [-0.25, -0.2) is 0 Å². The number of nitrogens with zero attached hydrogens (tertiary/aromatic N) is 1. The Balaban J connectivity index is 3.68. The second-order valence-electron chi connectivity index (χ2n) is 5.86. The van der Waals surface area contributed by atoms with Gasteiger partial charge in [-0.1, -0.05) is 46.8 Å². The van der Waals surface area contributed by atoms with Crippen LogP contribution < -0.4 is 0 Å². The molecule has 0 unspecified atom stereocenters. The Morgan fingerprint density at radius 1 is 1.24 bits per heavy atom. The molecule has 0 heterocycles. The summed E-state index contributed by atoms with van der Waals surface area (Å²) in [5.41, 5.74) is 2.76. The Bertz CT molecular complexity index is 442. The first-order chi connectivity index (χ1) is 7.66. The van der Waals surface area contributed by atoms with Crippen LogP contribution in [-0.2, 0) is 5.41 Å². The quantitative estimate of drug-likeness (QED) is 0.565. The molecule has 0 N–H and O–H groups in total. The lowest BCUT2D eigenvalue weighted by Gasteiger charge is -2.25. The first kappa shape index (κ1) is 13.7. The third-order valence-corrected chi connectivity index (χ3v) is 2.97. The molecule has 0 aliphatic heterocycles. The van der Waals surface area contributed by atoms with Crippen molar-refractivity contribution < 1.29 is 4.92 Å². The van der Waals surface area contributed by atoms with Gasteiger partial charge in [0.2, 0.25) is 0 Å². The molecule has 1 aromatic carbocycles. The summed E-state index contributed by atoms with van der Waals surface area (Å²) < 4.78 is 0. The number of nitro groups is 1. The van der Waals surface area contributed by atoms with Crippen LogP contribution in [0.2, 0.25) is 0 Å². The molecule has 1 aromatic rings. The fourth-order valence-corrected chi connectivity index (χ4v) is 2.22. The summed E-state index contributed by atoms with van der Waals surface area (Å²) in [4.78, 5) is 11.0. The van der Waals surface area contributed by atoms with Gasteiger partial charge in [0.15, 0.2) is 0 Å². The van der Waals surface area contributed by atoms with Gasteiger partial charge in [0.05, 0.1) is 4.92 Å². The topological polar surface area (TPSA) is 43.1 Å². The average Bonchev–Trinajstić information content (AvgIpc) is 2.14. The number of nitro benzene ring substituents is 1. The van der Waals surface area contributed by atoms with Gasteiger partial charge in [0, 0.05) is 11.1 Å². The lowest BCUT2D eigenvalue weighted by Crippen LogP contribution is -2.18. The van der Waals surface area contributed by atoms with Crippen LogP contribution in [0.3, 0.4) is 0 Å². The van der Waals surface area contributed by atoms with Crippen molar-refractivity contribution in [1.29, 1.82) is 0 Å². The summed E-state index contributed by atoms with van der Waals surface area (Å²) in [5.74, 6) is 0.295. The van der Waals surface area contributed by atoms with Crippen molar-refractivity contribution in [2.45, 2.75) is 52.9 Å². The monoisotopic (exact) mass is 235 g/mol. The Morgan fingerprint density at radius 2 is 1.76 bits per heavy atom. The zero-order chi connectivity index (χ0) is 13.4. The fraction of sp³-hybridized carbons (Fsp3) is 0.571. The van der Waals surface area contributed by atoms with Crippen LogP contribution in [0.5, 0.6) is 0 Å². The van der Waals surface area contributed by atoms with E-state index in [2.05, 4.69) is 13.8 Å². The van der Waals surface area contributed by atoms with Gasteiger partial charge in [-0.05, 0) is 23.8 Å². The second-order valence-corrected chi connectivity index (χ2v) is 5.86.